The highest BCUT2D eigenvalue weighted by Crippen LogP contribution is 2.67. The van der Waals surface area contributed by atoms with Crippen LogP contribution in [0.4, 0.5) is 0 Å². The molecule has 0 aromatic rings. The average molecular weight is 417 g/mol. The highest BCUT2D eigenvalue weighted by atomic mass is 16.3. The van der Waals surface area contributed by atoms with Crippen LogP contribution in [-0.2, 0) is 0 Å². The van der Waals surface area contributed by atoms with Crippen LogP contribution in [0.25, 0.3) is 0 Å². The molecule has 0 saturated heterocycles. The van der Waals surface area contributed by atoms with Crippen molar-refractivity contribution < 1.29 is 10.2 Å². The van der Waals surface area contributed by atoms with Gasteiger partial charge in [-0.1, -0.05) is 53.2 Å². The molecule has 0 spiro atoms. The Labute approximate surface area is 185 Å². The molecule has 2 nitrogen and oxygen atoms in total. The van der Waals surface area contributed by atoms with Gasteiger partial charge >= 0.3 is 0 Å². The SMILES string of the molecule is CC(C)[C@H](C)C[C@@H](O)[C@@H](C)[C@H]1CCC2C3CC=C4C[C@@H](O)CC[C@]4(C)C3CC[C@@]21C. The molecule has 0 bridgehead atoms. The van der Waals surface area contributed by atoms with Gasteiger partial charge in [-0.05, 0) is 110 Å². The Morgan fingerprint density at radius 2 is 1.73 bits per heavy atom. The Balaban J connectivity index is 1.51. The van der Waals surface area contributed by atoms with E-state index >= 15 is 0 Å². The lowest BCUT2D eigenvalue weighted by Crippen LogP contribution is -2.51. The molecule has 10 atom stereocenters. The molecule has 0 aromatic heterocycles. The van der Waals surface area contributed by atoms with Crippen molar-refractivity contribution in [2.24, 2.45) is 52.3 Å². The molecule has 3 saturated carbocycles. The van der Waals surface area contributed by atoms with Crippen molar-refractivity contribution in [3.05, 3.63) is 11.6 Å². The Bertz CT molecular complexity index is 653. The van der Waals surface area contributed by atoms with E-state index < -0.39 is 0 Å². The molecule has 0 amide bonds. The predicted octanol–water partition coefficient (Wildman–Crippen LogP) is 6.61. The highest BCUT2D eigenvalue weighted by molar-refractivity contribution is 5.25. The van der Waals surface area contributed by atoms with Crippen molar-refractivity contribution >= 4 is 0 Å². The molecule has 2 N–H and O–H groups in total. The molecule has 0 heterocycles. The minimum absolute atomic E-state index is 0.110. The highest BCUT2D eigenvalue weighted by Gasteiger charge is 2.59. The molecule has 172 valence electrons. The van der Waals surface area contributed by atoms with Crippen LogP contribution in [0.15, 0.2) is 11.6 Å². The van der Waals surface area contributed by atoms with Gasteiger partial charge in [0.25, 0.3) is 0 Å². The van der Waals surface area contributed by atoms with E-state index in [-0.39, 0.29) is 12.2 Å². The van der Waals surface area contributed by atoms with E-state index in [1.54, 1.807) is 5.57 Å². The smallest absolute Gasteiger partial charge is 0.0577 e. The summed E-state index contributed by atoms with van der Waals surface area (Å²) in [5.74, 6) is 4.76. The second-order valence-electron chi connectivity index (χ2n) is 12.8. The first-order valence-corrected chi connectivity index (χ1v) is 13.1. The lowest BCUT2D eigenvalue weighted by atomic mass is 9.47. The third-order valence-corrected chi connectivity index (χ3v) is 11.1. The first-order chi connectivity index (χ1) is 14.1. The van der Waals surface area contributed by atoms with Gasteiger partial charge in [-0.25, -0.2) is 0 Å². The van der Waals surface area contributed by atoms with Gasteiger partial charge in [-0.3, -0.25) is 0 Å². The van der Waals surface area contributed by atoms with E-state index in [9.17, 15) is 10.2 Å². The van der Waals surface area contributed by atoms with Gasteiger partial charge in [0.05, 0.1) is 12.2 Å². The number of fused-ring (bicyclic) bond motifs is 5. The molecule has 4 rings (SSSR count). The molecular weight excluding hydrogens is 368 g/mol. The number of hydrogen-bond donors (Lipinski definition) is 2. The van der Waals surface area contributed by atoms with Gasteiger partial charge in [-0.15, -0.1) is 0 Å². The van der Waals surface area contributed by atoms with Crippen molar-refractivity contribution in [1.82, 2.24) is 0 Å². The summed E-state index contributed by atoms with van der Waals surface area (Å²) in [6, 6.07) is 0. The monoisotopic (exact) mass is 416 g/mol. The number of aliphatic hydroxyl groups is 2. The average Bonchev–Trinajstić information content (AvgIpc) is 3.04. The lowest BCUT2D eigenvalue weighted by molar-refractivity contribution is -0.0693. The summed E-state index contributed by atoms with van der Waals surface area (Å²) in [7, 11) is 0. The number of allylic oxidation sites excluding steroid dienone is 1. The van der Waals surface area contributed by atoms with Crippen LogP contribution in [0.1, 0.15) is 99.3 Å². The summed E-state index contributed by atoms with van der Waals surface area (Å²) in [5, 5.41) is 21.4. The maximum Gasteiger partial charge on any atom is 0.0577 e. The minimum atomic E-state index is -0.157. The van der Waals surface area contributed by atoms with Gasteiger partial charge in [0, 0.05) is 0 Å². The van der Waals surface area contributed by atoms with Crippen molar-refractivity contribution in [1.29, 1.82) is 0 Å². The Morgan fingerprint density at radius 3 is 2.43 bits per heavy atom. The van der Waals surface area contributed by atoms with E-state index in [4.69, 9.17) is 0 Å². The molecular formula is C28H48O2. The standard InChI is InChI=1S/C28H48O2/c1-17(2)18(3)15-26(30)19(4)23-9-10-24-22-8-7-20-16-21(29)11-13-27(20,5)25(22)12-14-28(23,24)6/h7,17-19,21-26,29-30H,8-16H2,1-6H3/t18-,19+,21+,22?,23-,24?,25?,26-,27+,28-/m1/s1. The maximum absolute atomic E-state index is 11.1. The van der Waals surface area contributed by atoms with Gasteiger partial charge in [-0.2, -0.15) is 0 Å². The normalized spacial score (nSPS) is 46.4. The van der Waals surface area contributed by atoms with Gasteiger partial charge in [0.1, 0.15) is 0 Å². The summed E-state index contributed by atoms with van der Waals surface area (Å²) >= 11 is 0. The van der Waals surface area contributed by atoms with Crippen LogP contribution in [0.5, 0.6) is 0 Å². The molecule has 30 heavy (non-hydrogen) atoms. The zero-order valence-electron chi connectivity index (χ0n) is 20.5. The molecule has 2 heteroatoms. The number of rotatable bonds is 5. The van der Waals surface area contributed by atoms with E-state index in [0.29, 0.717) is 34.5 Å². The van der Waals surface area contributed by atoms with Gasteiger partial charge in [0.15, 0.2) is 0 Å². The molecule has 4 aliphatic rings. The first-order valence-electron chi connectivity index (χ1n) is 13.1. The summed E-state index contributed by atoms with van der Waals surface area (Å²) in [6.07, 6.45) is 12.9. The van der Waals surface area contributed by atoms with Crippen molar-refractivity contribution in [3.63, 3.8) is 0 Å². The number of aliphatic hydroxyl groups excluding tert-OH is 2. The van der Waals surface area contributed by atoms with Crippen LogP contribution in [0.2, 0.25) is 0 Å². The Kier molecular flexibility index (Phi) is 6.26. The molecule has 0 aromatic carbocycles. The van der Waals surface area contributed by atoms with Crippen LogP contribution < -0.4 is 0 Å². The van der Waals surface area contributed by atoms with Gasteiger partial charge in [0.2, 0.25) is 0 Å². The Morgan fingerprint density at radius 1 is 1.00 bits per heavy atom. The fourth-order valence-corrected chi connectivity index (χ4v) is 8.68. The largest absolute Gasteiger partial charge is 0.393 e. The van der Waals surface area contributed by atoms with E-state index in [2.05, 4.69) is 47.6 Å². The first kappa shape index (κ1) is 22.8. The molecule has 0 aliphatic heterocycles. The fraction of sp³-hybridized carbons (Fsp3) is 0.929. The summed E-state index contributed by atoms with van der Waals surface area (Å²) in [4.78, 5) is 0. The van der Waals surface area contributed by atoms with Crippen LogP contribution in [0.3, 0.4) is 0 Å². The zero-order valence-corrected chi connectivity index (χ0v) is 20.5. The molecule has 4 aliphatic carbocycles. The third-order valence-electron chi connectivity index (χ3n) is 11.1. The van der Waals surface area contributed by atoms with Crippen molar-refractivity contribution in [2.75, 3.05) is 0 Å². The van der Waals surface area contributed by atoms with E-state index in [1.807, 2.05) is 0 Å². The second-order valence-corrected chi connectivity index (χ2v) is 12.8. The predicted molar refractivity (Wildman–Crippen MR) is 125 cm³/mol. The van der Waals surface area contributed by atoms with Crippen molar-refractivity contribution in [3.8, 4) is 0 Å². The zero-order chi connectivity index (χ0) is 21.8. The summed E-state index contributed by atoms with van der Waals surface area (Å²) in [6.45, 7) is 14.3. The summed E-state index contributed by atoms with van der Waals surface area (Å²) in [5.41, 5.74) is 2.31. The third kappa shape index (κ3) is 3.62. The maximum atomic E-state index is 11.1. The van der Waals surface area contributed by atoms with Crippen LogP contribution in [0, 0.1) is 52.3 Å². The molecule has 3 fully saturated rings. The van der Waals surface area contributed by atoms with Crippen molar-refractivity contribution in [2.45, 2.75) is 112 Å². The van der Waals surface area contributed by atoms with Crippen LogP contribution >= 0.6 is 0 Å². The quantitative estimate of drug-likeness (QED) is 0.495. The van der Waals surface area contributed by atoms with E-state index in [0.717, 1.165) is 37.0 Å². The Hall–Kier alpha value is -0.340. The lowest BCUT2D eigenvalue weighted by Gasteiger charge is -2.58. The topological polar surface area (TPSA) is 40.5 Å². The minimum Gasteiger partial charge on any atom is -0.393 e. The number of hydrogen-bond acceptors (Lipinski definition) is 2. The second kappa shape index (κ2) is 8.22. The molecule has 3 unspecified atom stereocenters. The summed E-state index contributed by atoms with van der Waals surface area (Å²) < 4.78 is 0. The van der Waals surface area contributed by atoms with E-state index in [1.165, 1.54) is 38.5 Å². The van der Waals surface area contributed by atoms with Gasteiger partial charge < -0.3 is 10.2 Å². The molecule has 0 radical (unpaired) electrons. The van der Waals surface area contributed by atoms with Crippen LogP contribution in [-0.4, -0.2) is 22.4 Å². The fourth-order valence-electron chi connectivity index (χ4n) is 8.68.